The lowest BCUT2D eigenvalue weighted by Gasteiger charge is -2.00. The van der Waals surface area contributed by atoms with Gasteiger partial charge in [-0.3, -0.25) is 19.6 Å². The molecule has 0 fully saturated rings. The molecule has 0 saturated heterocycles. The lowest BCUT2D eigenvalue weighted by Crippen LogP contribution is -2.06. The Morgan fingerprint density at radius 1 is 1.69 bits per heavy atom. The third-order valence-corrected chi connectivity index (χ3v) is 2.33. The Labute approximate surface area is 99.7 Å². The van der Waals surface area contributed by atoms with Gasteiger partial charge in [-0.2, -0.15) is 0 Å². The molecule has 0 aliphatic carbocycles. The van der Waals surface area contributed by atoms with E-state index in [1.54, 1.807) is 6.92 Å². The highest BCUT2D eigenvalue weighted by molar-refractivity contribution is 9.09. The number of nitrogens with zero attached hydrogens (tertiary/aromatic N) is 3. The van der Waals surface area contributed by atoms with Crippen molar-refractivity contribution in [2.24, 2.45) is 0 Å². The number of aryl methyl sites for hydroxylation is 1. The summed E-state index contributed by atoms with van der Waals surface area (Å²) in [5, 5.41) is 15.3. The molecule has 0 bridgehead atoms. The number of aromatic nitrogens is 2. The lowest BCUT2D eigenvalue weighted by molar-refractivity contribution is -0.386. The first-order valence-electron chi connectivity index (χ1n) is 4.56. The van der Waals surface area contributed by atoms with E-state index in [4.69, 9.17) is 0 Å². The van der Waals surface area contributed by atoms with E-state index in [0.29, 0.717) is 24.0 Å². The van der Waals surface area contributed by atoms with Gasteiger partial charge in [0.05, 0.1) is 11.5 Å². The number of ether oxygens (including phenoxy) is 1. The smallest absolute Gasteiger partial charge is 0.353 e. The van der Waals surface area contributed by atoms with Crippen LogP contribution >= 0.6 is 15.9 Å². The maximum Gasteiger partial charge on any atom is 0.353 e. The fourth-order valence-electron chi connectivity index (χ4n) is 1.39. The Balaban J connectivity index is 3.27. The highest BCUT2D eigenvalue weighted by Crippen LogP contribution is 2.30. The zero-order valence-corrected chi connectivity index (χ0v) is 10.1. The molecule has 0 aliphatic rings. The number of hydrogen-bond acceptors (Lipinski definition) is 5. The zero-order chi connectivity index (χ0) is 12.1. The van der Waals surface area contributed by atoms with Crippen LogP contribution in [-0.4, -0.2) is 26.5 Å². The fraction of sp³-hybridized carbons (Fsp3) is 0.500. The number of halogens is 1. The number of rotatable bonds is 6. The minimum Gasteiger partial charge on any atom is -0.402 e. The Morgan fingerprint density at radius 2 is 2.38 bits per heavy atom. The van der Waals surface area contributed by atoms with Crippen molar-refractivity contribution in [2.45, 2.75) is 19.9 Å². The summed E-state index contributed by atoms with van der Waals surface area (Å²) in [6, 6.07) is 0. The molecule has 0 radical (unpaired) electrons. The Hall–Kier alpha value is -1.44. The second kappa shape index (κ2) is 5.59. The number of alkyl halides is 1. The fourth-order valence-corrected chi connectivity index (χ4v) is 1.72. The van der Waals surface area contributed by atoms with Gasteiger partial charge in [-0.05, 0) is 6.42 Å². The normalized spacial score (nSPS) is 10.1. The predicted molar refractivity (Wildman–Crippen MR) is 58.7 cm³/mol. The van der Waals surface area contributed by atoms with Crippen molar-refractivity contribution in [3.8, 4) is 5.88 Å². The van der Waals surface area contributed by atoms with Gasteiger partial charge >= 0.3 is 11.6 Å². The number of carbonyl (C=O) groups is 1. The highest BCUT2D eigenvalue weighted by Gasteiger charge is 2.27. The van der Waals surface area contributed by atoms with E-state index in [-0.39, 0.29) is 18.0 Å². The van der Waals surface area contributed by atoms with E-state index < -0.39 is 4.92 Å². The molecule has 0 unspecified atom stereocenters. The molecule has 0 saturated carbocycles. The predicted octanol–water partition coefficient (Wildman–Crippen LogP) is 1.28. The van der Waals surface area contributed by atoms with E-state index in [1.165, 1.54) is 4.68 Å². The van der Waals surface area contributed by atoms with Crippen LogP contribution in [0.5, 0.6) is 5.88 Å². The van der Waals surface area contributed by atoms with Crippen LogP contribution in [0, 0.1) is 10.1 Å². The van der Waals surface area contributed by atoms with Gasteiger partial charge in [0.25, 0.3) is 6.47 Å². The summed E-state index contributed by atoms with van der Waals surface area (Å²) >= 11 is 3.22. The standard InChI is InChI=1S/C8H10BrN3O4/c1-2-6-7(12(14)15)8(16-5-13)10-11(6)4-3-9/h5H,2-4H2,1H3. The molecule has 0 aromatic carbocycles. The first-order chi connectivity index (χ1) is 7.65. The van der Waals surface area contributed by atoms with Crippen molar-refractivity contribution in [3.63, 3.8) is 0 Å². The minimum atomic E-state index is -0.588. The molecule has 1 heterocycles. The van der Waals surface area contributed by atoms with E-state index in [9.17, 15) is 14.9 Å². The van der Waals surface area contributed by atoms with Crippen molar-refractivity contribution in [1.29, 1.82) is 0 Å². The van der Waals surface area contributed by atoms with E-state index in [0.717, 1.165) is 0 Å². The van der Waals surface area contributed by atoms with Gasteiger partial charge in [0.15, 0.2) is 0 Å². The maximum atomic E-state index is 10.8. The van der Waals surface area contributed by atoms with E-state index in [2.05, 4.69) is 25.8 Å². The summed E-state index contributed by atoms with van der Waals surface area (Å²) in [5.41, 5.74) is 0.205. The molecule has 0 N–H and O–H groups in total. The van der Waals surface area contributed by atoms with Gasteiger partial charge in [0, 0.05) is 5.33 Å². The molecule has 1 aromatic heterocycles. The van der Waals surface area contributed by atoms with Crippen LogP contribution in [0.1, 0.15) is 12.6 Å². The molecule has 8 heteroatoms. The third kappa shape index (κ3) is 2.38. The monoisotopic (exact) mass is 291 g/mol. The second-order valence-electron chi connectivity index (χ2n) is 2.84. The summed E-state index contributed by atoms with van der Waals surface area (Å²) in [6.07, 6.45) is 0.443. The number of hydrogen-bond donors (Lipinski definition) is 0. The van der Waals surface area contributed by atoms with Crippen molar-refractivity contribution < 1.29 is 14.5 Å². The molecule has 1 rings (SSSR count). The van der Waals surface area contributed by atoms with Gasteiger partial charge in [0.2, 0.25) is 0 Å². The van der Waals surface area contributed by atoms with Gasteiger partial charge in [-0.25, -0.2) is 0 Å². The summed E-state index contributed by atoms with van der Waals surface area (Å²) in [7, 11) is 0. The van der Waals surface area contributed by atoms with E-state index in [1.807, 2.05) is 0 Å². The van der Waals surface area contributed by atoms with Crippen LogP contribution in [0.3, 0.4) is 0 Å². The quantitative estimate of drug-likeness (QED) is 0.341. The maximum absolute atomic E-state index is 10.8. The largest absolute Gasteiger partial charge is 0.402 e. The first-order valence-corrected chi connectivity index (χ1v) is 5.68. The van der Waals surface area contributed by atoms with Crippen molar-refractivity contribution in [2.75, 3.05) is 5.33 Å². The average Bonchev–Trinajstić information content (AvgIpc) is 2.57. The Bertz CT molecular complexity index is 404. The van der Waals surface area contributed by atoms with Crippen molar-refractivity contribution in [3.05, 3.63) is 15.8 Å². The summed E-state index contributed by atoms with van der Waals surface area (Å²) in [6.45, 7) is 2.39. The third-order valence-electron chi connectivity index (χ3n) is 1.97. The Kier molecular flexibility index (Phi) is 4.41. The number of carbonyl (C=O) groups excluding carboxylic acids is 1. The SMILES string of the molecule is CCc1c([N+](=O)[O-])c(OC=O)nn1CCBr. The zero-order valence-electron chi connectivity index (χ0n) is 8.55. The molecule has 1 aromatic rings. The van der Waals surface area contributed by atoms with Crippen LogP contribution in [0.2, 0.25) is 0 Å². The average molecular weight is 292 g/mol. The lowest BCUT2D eigenvalue weighted by atomic mass is 10.3. The van der Waals surface area contributed by atoms with Gasteiger partial charge in [-0.1, -0.05) is 22.9 Å². The Morgan fingerprint density at radius 3 is 2.81 bits per heavy atom. The van der Waals surface area contributed by atoms with Crippen LogP contribution in [0.4, 0.5) is 5.69 Å². The van der Waals surface area contributed by atoms with Crippen LogP contribution in [0.25, 0.3) is 0 Å². The molecule has 88 valence electrons. The molecule has 0 aliphatic heterocycles. The molecule has 7 nitrogen and oxygen atoms in total. The topological polar surface area (TPSA) is 87.3 Å². The van der Waals surface area contributed by atoms with Crippen LogP contribution < -0.4 is 4.74 Å². The first kappa shape index (κ1) is 12.6. The molecule has 0 spiro atoms. The van der Waals surface area contributed by atoms with Gasteiger partial charge < -0.3 is 4.74 Å². The molecular weight excluding hydrogens is 282 g/mol. The molecule has 0 amide bonds. The second-order valence-corrected chi connectivity index (χ2v) is 3.63. The molecule has 0 atom stereocenters. The van der Waals surface area contributed by atoms with Crippen molar-refractivity contribution in [1.82, 2.24) is 9.78 Å². The van der Waals surface area contributed by atoms with Crippen LogP contribution in [-0.2, 0) is 17.8 Å². The van der Waals surface area contributed by atoms with Gasteiger partial charge in [-0.15, -0.1) is 5.10 Å². The summed E-state index contributed by atoms with van der Waals surface area (Å²) in [5.74, 6) is -0.252. The van der Waals surface area contributed by atoms with Gasteiger partial charge in [0.1, 0.15) is 5.69 Å². The van der Waals surface area contributed by atoms with Crippen LogP contribution in [0.15, 0.2) is 0 Å². The highest BCUT2D eigenvalue weighted by atomic mass is 79.9. The minimum absolute atomic E-state index is 0.132. The number of nitro groups is 1. The van der Waals surface area contributed by atoms with Crippen molar-refractivity contribution >= 4 is 28.1 Å². The summed E-state index contributed by atoms with van der Waals surface area (Å²) in [4.78, 5) is 20.5. The van der Waals surface area contributed by atoms with E-state index >= 15 is 0 Å². The summed E-state index contributed by atoms with van der Waals surface area (Å²) < 4.78 is 5.96. The molecule has 16 heavy (non-hydrogen) atoms. The molecular formula is C8H10BrN3O4.